The standard InChI is InChI=1S/C12H16N2O/c1-8-5-4-6-12(11(8)7-13)14-9(2)10(3)15/h4-6,9-10,14-15H,1-3H3. The van der Waals surface area contributed by atoms with E-state index in [1.807, 2.05) is 32.0 Å². The molecule has 0 spiro atoms. The van der Waals surface area contributed by atoms with Gasteiger partial charge in [0, 0.05) is 6.04 Å². The third-order valence-electron chi connectivity index (χ3n) is 2.49. The summed E-state index contributed by atoms with van der Waals surface area (Å²) in [6.45, 7) is 5.50. The zero-order chi connectivity index (χ0) is 11.4. The number of rotatable bonds is 3. The molecule has 0 aliphatic heterocycles. The molecule has 0 fully saturated rings. The Labute approximate surface area is 90.4 Å². The van der Waals surface area contributed by atoms with Gasteiger partial charge >= 0.3 is 0 Å². The minimum atomic E-state index is -0.447. The lowest BCUT2D eigenvalue weighted by molar-refractivity contribution is 0.178. The summed E-state index contributed by atoms with van der Waals surface area (Å²) in [6, 6.07) is 7.74. The van der Waals surface area contributed by atoms with Crippen LogP contribution in [0.15, 0.2) is 18.2 Å². The van der Waals surface area contributed by atoms with Crippen molar-refractivity contribution in [3.63, 3.8) is 0 Å². The first-order valence-electron chi connectivity index (χ1n) is 5.00. The zero-order valence-electron chi connectivity index (χ0n) is 9.28. The van der Waals surface area contributed by atoms with Gasteiger partial charge in [-0.25, -0.2) is 0 Å². The van der Waals surface area contributed by atoms with Gasteiger partial charge in [0.15, 0.2) is 0 Å². The van der Waals surface area contributed by atoms with Gasteiger partial charge in [-0.2, -0.15) is 5.26 Å². The first-order chi connectivity index (χ1) is 7.06. The van der Waals surface area contributed by atoms with Gasteiger partial charge in [-0.15, -0.1) is 0 Å². The second-order valence-corrected chi connectivity index (χ2v) is 3.78. The quantitative estimate of drug-likeness (QED) is 0.792. The van der Waals surface area contributed by atoms with Crippen LogP contribution in [0.4, 0.5) is 5.69 Å². The molecule has 80 valence electrons. The number of nitrogens with zero attached hydrogens (tertiary/aromatic N) is 1. The van der Waals surface area contributed by atoms with E-state index >= 15 is 0 Å². The molecule has 0 aromatic heterocycles. The van der Waals surface area contributed by atoms with Crippen LogP contribution < -0.4 is 5.32 Å². The van der Waals surface area contributed by atoms with Gasteiger partial charge < -0.3 is 10.4 Å². The van der Waals surface area contributed by atoms with Crippen LogP contribution in [-0.2, 0) is 0 Å². The summed E-state index contributed by atoms with van der Waals surface area (Å²) in [5.74, 6) is 0. The number of nitriles is 1. The lowest BCUT2D eigenvalue weighted by atomic mass is 10.1. The predicted molar refractivity (Wildman–Crippen MR) is 60.7 cm³/mol. The van der Waals surface area contributed by atoms with Crippen LogP contribution in [0.25, 0.3) is 0 Å². The van der Waals surface area contributed by atoms with E-state index in [0.717, 1.165) is 11.3 Å². The van der Waals surface area contributed by atoms with Crippen molar-refractivity contribution in [2.75, 3.05) is 5.32 Å². The maximum absolute atomic E-state index is 9.37. The predicted octanol–water partition coefficient (Wildman–Crippen LogP) is 2.05. The topological polar surface area (TPSA) is 56.0 Å². The summed E-state index contributed by atoms with van der Waals surface area (Å²) in [7, 11) is 0. The summed E-state index contributed by atoms with van der Waals surface area (Å²) in [5, 5.41) is 21.5. The average Bonchev–Trinajstić information content (AvgIpc) is 2.18. The van der Waals surface area contributed by atoms with Crippen LogP contribution in [0.2, 0.25) is 0 Å². The third kappa shape index (κ3) is 2.71. The van der Waals surface area contributed by atoms with Crippen LogP contribution in [0.5, 0.6) is 0 Å². The Morgan fingerprint density at radius 2 is 2.07 bits per heavy atom. The second-order valence-electron chi connectivity index (χ2n) is 3.78. The van der Waals surface area contributed by atoms with E-state index in [2.05, 4.69) is 11.4 Å². The monoisotopic (exact) mass is 204 g/mol. The zero-order valence-corrected chi connectivity index (χ0v) is 9.28. The van der Waals surface area contributed by atoms with Gasteiger partial charge in [0.1, 0.15) is 6.07 Å². The normalized spacial score (nSPS) is 14.1. The molecule has 0 saturated heterocycles. The smallest absolute Gasteiger partial charge is 0.102 e. The van der Waals surface area contributed by atoms with E-state index in [4.69, 9.17) is 5.26 Å². The van der Waals surface area contributed by atoms with Crippen LogP contribution in [-0.4, -0.2) is 17.3 Å². The SMILES string of the molecule is Cc1cccc(NC(C)C(C)O)c1C#N. The lowest BCUT2D eigenvalue weighted by Gasteiger charge is -2.19. The maximum Gasteiger partial charge on any atom is 0.102 e. The van der Waals surface area contributed by atoms with Gasteiger partial charge in [-0.3, -0.25) is 0 Å². The number of hydrogen-bond acceptors (Lipinski definition) is 3. The highest BCUT2D eigenvalue weighted by atomic mass is 16.3. The molecular weight excluding hydrogens is 188 g/mol. The van der Waals surface area contributed by atoms with Gasteiger partial charge in [0.05, 0.1) is 17.4 Å². The fourth-order valence-electron chi connectivity index (χ4n) is 1.30. The van der Waals surface area contributed by atoms with E-state index in [0.29, 0.717) is 5.56 Å². The highest BCUT2D eigenvalue weighted by Gasteiger charge is 2.11. The number of aryl methyl sites for hydroxylation is 1. The van der Waals surface area contributed by atoms with Crippen LogP contribution in [0, 0.1) is 18.3 Å². The fourth-order valence-corrected chi connectivity index (χ4v) is 1.30. The number of hydrogen-bond donors (Lipinski definition) is 2. The van der Waals surface area contributed by atoms with E-state index in [1.165, 1.54) is 0 Å². The minimum absolute atomic E-state index is 0.0705. The molecule has 0 aliphatic carbocycles. The summed E-state index contributed by atoms with van der Waals surface area (Å²) in [4.78, 5) is 0. The molecule has 0 aliphatic rings. The number of aliphatic hydroxyl groups is 1. The summed E-state index contributed by atoms with van der Waals surface area (Å²) >= 11 is 0. The molecule has 3 heteroatoms. The highest BCUT2D eigenvalue weighted by Crippen LogP contribution is 2.19. The van der Waals surface area contributed by atoms with Crippen molar-refractivity contribution < 1.29 is 5.11 Å². The molecular formula is C12H16N2O. The highest BCUT2D eigenvalue weighted by molar-refractivity contribution is 5.61. The Balaban J connectivity index is 2.96. The van der Waals surface area contributed by atoms with E-state index in [1.54, 1.807) is 6.92 Å². The fraction of sp³-hybridized carbons (Fsp3) is 0.417. The number of benzene rings is 1. The van der Waals surface area contributed by atoms with Crippen molar-refractivity contribution in [2.24, 2.45) is 0 Å². The maximum atomic E-state index is 9.37. The first kappa shape index (κ1) is 11.5. The van der Waals surface area contributed by atoms with Gasteiger partial charge in [-0.1, -0.05) is 12.1 Å². The summed E-state index contributed by atoms with van der Waals surface area (Å²) in [5.41, 5.74) is 2.37. The molecule has 0 amide bonds. The van der Waals surface area contributed by atoms with Gasteiger partial charge in [-0.05, 0) is 32.4 Å². The van der Waals surface area contributed by atoms with E-state index < -0.39 is 6.10 Å². The first-order valence-corrected chi connectivity index (χ1v) is 5.00. The number of nitrogens with one attached hydrogen (secondary N) is 1. The molecule has 0 heterocycles. The van der Waals surface area contributed by atoms with Gasteiger partial charge in [0.25, 0.3) is 0 Å². The van der Waals surface area contributed by atoms with Gasteiger partial charge in [0.2, 0.25) is 0 Å². The molecule has 0 saturated carbocycles. The lowest BCUT2D eigenvalue weighted by Crippen LogP contribution is -2.28. The molecule has 2 N–H and O–H groups in total. The minimum Gasteiger partial charge on any atom is -0.391 e. The van der Waals surface area contributed by atoms with Crippen LogP contribution >= 0.6 is 0 Å². The molecule has 1 rings (SSSR count). The van der Waals surface area contributed by atoms with E-state index in [-0.39, 0.29) is 6.04 Å². The molecule has 2 atom stereocenters. The van der Waals surface area contributed by atoms with Crippen molar-refractivity contribution in [1.29, 1.82) is 5.26 Å². The van der Waals surface area contributed by atoms with Crippen molar-refractivity contribution >= 4 is 5.69 Å². The Bertz CT molecular complexity index is 380. The molecule has 1 aromatic rings. The Morgan fingerprint density at radius 3 is 2.60 bits per heavy atom. The van der Waals surface area contributed by atoms with Crippen molar-refractivity contribution in [3.8, 4) is 6.07 Å². The van der Waals surface area contributed by atoms with Crippen molar-refractivity contribution in [3.05, 3.63) is 29.3 Å². The Morgan fingerprint density at radius 1 is 1.40 bits per heavy atom. The molecule has 1 aromatic carbocycles. The van der Waals surface area contributed by atoms with Crippen molar-refractivity contribution in [2.45, 2.75) is 32.9 Å². The van der Waals surface area contributed by atoms with Crippen molar-refractivity contribution in [1.82, 2.24) is 0 Å². The molecule has 2 unspecified atom stereocenters. The van der Waals surface area contributed by atoms with Crippen LogP contribution in [0.1, 0.15) is 25.0 Å². The second kappa shape index (κ2) is 4.81. The Kier molecular flexibility index (Phi) is 3.70. The summed E-state index contributed by atoms with van der Waals surface area (Å²) < 4.78 is 0. The third-order valence-corrected chi connectivity index (χ3v) is 2.49. The largest absolute Gasteiger partial charge is 0.391 e. The number of aliphatic hydroxyl groups excluding tert-OH is 1. The van der Waals surface area contributed by atoms with Crippen LogP contribution in [0.3, 0.4) is 0 Å². The molecule has 15 heavy (non-hydrogen) atoms. The molecule has 0 bridgehead atoms. The average molecular weight is 204 g/mol. The Hall–Kier alpha value is -1.53. The number of anilines is 1. The summed E-state index contributed by atoms with van der Waals surface area (Å²) in [6.07, 6.45) is -0.447. The van der Waals surface area contributed by atoms with E-state index in [9.17, 15) is 5.11 Å². The molecule has 3 nitrogen and oxygen atoms in total. The molecule has 0 radical (unpaired) electrons.